The van der Waals surface area contributed by atoms with E-state index in [0.29, 0.717) is 33.4 Å². The van der Waals surface area contributed by atoms with Gasteiger partial charge in [0.05, 0.1) is 25.4 Å². The number of hydrogen-bond donors (Lipinski definition) is 0. The molecule has 0 amide bonds. The fourth-order valence-electron chi connectivity index (χ4n) is 2.36. The van der Waals surface area contributed by atoms with Crippen LogP contribution >= 0.6 is 11.6 Å². The molecule has 0 bridgehead atoms. The number of benzene rings is 2. The zero-order valence-electron chi connectivity index (χ0n) is 13.2. The number of rotatable bonds is 4. The SMILES string of the molecule is COc1ccc(C2=CC(=Cc3ccc(Cl)cc3)C(=O)O2)c(OC)c1. The molecule has 0 saturated heterocycles. The van der Waals surface area contributed by atoms with Crippen LogP contribution in [-0.2, 0) is 9.53 Å². The van der Waals surface area contributed by atoms with E-state index in [1.807, 2.05) is 12.1 Å². The average molecular weight is 343 g/mol. The first-order valence-electron chi connectivity index (χ1n) is 7.24. The van der Waals surface area contributed by atoms with Crippen molar-refractivity contribution >= 4 is 29.4 Å². The molecule has 0 spiro atoms. The van der Waals surface area contributed by atoms with Crippen molar-refractivity contribution in [1.29, 1.82) is 0 Å². The molecule has 1 heterocycles. The molecule has 24 heavy (non-hydrogen) atoms. The summed E-state index contributed by atoms with van der Waals surface area (Å²) in [5.41, 5.74) is 2.02. The number of methoxy groups -OCH3 is 2. The average Bonchev–Trinajstić information content (AvgIpc) is 2.96. The second kappa shape index (κ2) is 6.81. The summed E-state index contributed by atoms with van der Waals surface area (Å²) >= 11 is 5.87. The van der Waals surface area contributed by atoms with Crippen LogP contribution in [0.1, 0.15) is 11.1 Å². The lowest BCUT2D eigenvalue weighted by atomic mass is 10.1. The van der Waals surface area contributed by atoms with Crippen LogP contribution in [0.4, 0.5) is 0 Å². The molecular weight excluding hydrogens is 328 g/mol. The van der Waals surface area contributed by atoms with Gasteiger partial charge in [0.2, 0.25) is 0 Å². The molecule has 0 saturated carbocycles. The summed E-state index contributed by atoms with van der Waals surface area (Å²) in [4.78, 5) is 12.1. The van der Waals surface area contributed by atoms with Crippen LogP contribution in [0, 0.1) is 0 Å². The lowest BCUT2D eigenvalue weighted by Gasteiger charge is -2.10. The molecule has 0 radical (unpaired) electrons. The fourth-order valence-corrected chi connectivity index (χ4v) is 2.49. The zero-order valence-corrected chi connectivity index (χ0v) is 14.0. The van der Waals surface area contributed by atoms with Gasteiger partial charge >= 0.3 is 5.97 Å². The lowest BCUT2D eigenvalue weighted by Crippen LogP contribution is -1.98. The van der Waals surface area contributed by atoms with E-state index >= 15 is 0 Å². The highest BCUT2D eigenvalue weighted by molar-refractivity contribution is 6.30. The molecule has 1 aliphatic rings. The molecule has 5 heteroatoms. The number of hydrogen-bond acceptors (Lipinski definition) is 4. The maximum Gasteiger partial charge on any atom is 0.343 e. The molecule has 2 aromatic rings. The third-order valence-corrected chi connectivity index (χ3v) is 3.84. The smallest absolute Gasteiger partial charge is 0.343 e. The molecule has 122 valence electrons. The summed E-state index contributed by atoms with van der Waals surface area (Å²) in [7, 11) is 3.14. The van der Waals surface area contributed by atoms with E-state index in [9.17, 15) is 4.79 Å². The van der Waals surface area contributed by atoms with E-state index in [2.05, 4.69) is 0 Å². The van der Waals surface area contributed by atoms with Crippen molar-refractivity contribution in [3.05, 3.63) is 70.3 Å². The Balaban J connectivity index is 1.96. The molecule has 0 atom stereocenters. The quantitative estimate of drug-likeness (QED) is 0.612. The molecule has 1 aliphatic heterocycles. The van der Waals surface area contributed by atoms with Crippen LogP contribution in [0.2, 0.25) is 5.02 Å². The normalized spacial score (nSPS) is 15.2. The monoisotopic (exact) mass is 342 g/mol. The highest BCUT2D eigenvalue weighted by Gasteiger charge is 2.24. The Bertz CT molecular complexity index is 835. The molecule has 0 N–H and O–H groups in total. The van der Waals surface area contributed by atoms with E-state index < -0.39 is 5.97 Å². The van der Waals surface area contributed by atoms with Gasteiger partial charge in [-0.2, -0.15) is 0 Å². The number of esters is 1. The van der Waals surface area contributed by atoms with Crippen LogP contribution in [-0.4, -0.2) is 20.2 Å². The minimum atomic E-state index is -0.405. The molecule has 0 unspecified atom stereocenters. The Kier molecular flexibility index (Phi) is 4.58. The van der Waals surface area contributed by atoms with Gasteiger partial charge in [0, 0.05) is 11.1 Å². The topological polar surface area (TPSA) is 44.8 Å². The van der Waals surface area contributed by atoms with Gasteiger partial charge in [0.1, 0.15) is 17.3 Å². The van der Waals surface area contributed by atoms with Crippen molar-refractivity contribution in [3.63, 3.8) is 0 Å². The highest BCUT2D eigenvalue weighted by Crippen LogP contribution is 2.35. The highest BCUT2D eigenvalue weighted by atomic mass is 35.5. The van der Waals surface area contributed by atoms with E-state index in [-0.39, 0.29) is 0 Å². The maximum atomic E-state index is 12.1. The predicted molar refractivity (Wildman–Crippen MR) is 93.0 cm³/mol. The van der Waals surface area contributed by atoms with Crippen molar-refractivity contribution in [2.75, 3.05) is 14.2 Å². The Hall–Kier alpha value is -2.72. The van der Waals surface area contributed by atoms with Crippen LogP contribution in [0.15, 0.2) is 54.1 Å². The van der Waals surface area contributed by atoms with Crippen LogP contribution < -0.4 is 9.47 Å². The Morgan fingerprint density at radius 1 is 1.04 bits per heavy atom. The first kappa shape index (κ1) is 16.1. The summed E-state index contributed by atoms with van der Waals surface area (Å²) < 4.78 is 15.9. The molecule has 3 rings (SSSR count). The van der Waals surface area contributed by atoms with Crippen molar-refractivity contribution in [2.45, 2.75) is 0 Å². The van der Waals surface area contributed by atoms with Crippen LogP contribution in [0.5, 0.6) is 11.5 Å². The first-order valence-corrected chi connectivity index (χ1v) is 7.62. The van der Waals surface area contributed by atoms with Crippen molar-refractivity contribution < 1.29 is 19.0 Å². The molecule has 0 aliphatic carbocycles. The Morgan fingerprint density at radius 2 is 1.79 bits per heavy atom. The Labute approximate surface area is 144 Å². The molecular formula is C19H15ClO4. The molecule has 0 aromatic heterocycles. The Morgan fingerprint density at radius 3 is 2.46 bits per heavy atom. The minimum absolute atomic E-state index is 0.405. The largest absolute Gasteiger partial charge is 0.497 e. The number of ether oxygens (including phenoxy) is 3. The predicted octanol–water partition coefficient (Wildman–Crippen LogP) is 4.34. The summed E-state index contributed by atoms with van der Waals surface area (Å²) in [6, 6.07) is 12.5. The second-order valence-corrected chi connectivity index (χ2v) is 5.55. The van der Waals surface area contributed by atoms with E-state index in [1.54, 1.807) is 56.7 Å². The first-order chi connectivity index (χ1) is 11.6. The third-order valence-electron chi connectivity index (χ3n) is 3.59. The van der Waals surface area contributed by atoms with Crippen molar-refractivity contribution in [3.8, 4) is 11.5 Å². The van der Waals surface area contributed by atoms with Gasteiger partial charge < -0.3 is 14.2 Å². The number of cyclic esters (lactones) is 1. The van der Waals surface area contributed by atoms with Crippen molar-refractivity contribution in [2.24, 2.45) is 0 Å². The van der Waals surface area contributed by atoms with Gasteiger partial charge in [-0.15, -0.1) is 0 Å². The number of carbonyl (C=O) groups excluding carboxylic acids is 1. The zero-order chi connectivity index (χ0) is 17.1. The molecule has 2 aromatic carbocycles. The van der Waals surface area contributed by atoms with Crippen molar-refractivity contribution in [1.82, 2.24) is 0 Å². The van der Waals surface area contributed by atoms with Gasteiger partial charge in [0.25, 0.3) is 0 Å². The summed E-state index contributed by atoms with van der Waals surface area (Å²) in [6.07, 6.45) is 3.45. The van der Waals surface area contributed by atoms with Crippen LogP contribution in [0.25, 0.3) is 11.8 Å². The summed E-state index contributed by atoms with van der Waals surface area (Å²) in [5.74, 6) is 1.27. The standard InChI is InChI=1S/C19H15ClO4/c1-22-15-7-8-16(17(11-15)23-2)18-10-13(19(21)24-18)9-12-3-5-14(20)6-4-12/h3-11H,1-2H3. The fraction of sp³-hybridized carbons (Fsp3) is 0.105. The van der Waals surface area contributed by atoms with Gasteiger partial charge in [-0.25, -0.2) is 4.79 Å². The maximum absolute atomic E-state index is 12.1. The lowest BCUT2D eigenvalue weighted by molar-refractivity contribution is -0.130. The van der Waals surface area contributed by atoms with Gasteiger partial charge in [0.15, 0.2) is 0 Å². The minimum Gasteiger partial charge on any atom is -0.497 e. The van der Waals surface area contributed by atoms with E-state index in [1.165, 1.54) is 0 Å². The number of carbonyl (C=O) groups is 1. The molecule has 0 fully saturated rings. The van der Waals surface area contributed by atoms with E-state index in [0.717, 1.165) is 5.56 Å². The second-order valence-electron chi connectivity index (χ2n) is 5.12. The number of halogens is 1. The van der Waals surface area contributed by atoms with E-state index in [4.69, 9.17) is 25.8 Å². The van der Waals surface area contributed by atoms with Gasteiger partial charge in [-0.05, 0) is 42.0 Å². The van der Waals surface area contributed by atoms with Crippen LogP contribution in [0.3, 0.4) is 0 Å². The van der Waals surface area contributed by atoms with Gasteiger partial charge in [-0.1, -0.05) is 23.7 Å². The summed E-state index contributed by atoms with van der Waals surface area (Å²) in [5, 5.41) is 0.644. The third kappa shape index (κ3) is 3.29. The van der Waals surface area contributed by atoms with Gasteiger partial charge in [-0.3, -0.25) is 0 Å². The summed E-state index contributed by atoms with van der Waals surface area (Å²) in [6.45, 7) is 0. The molecule has 4 nitrogen and oxygen atoms in total.